The zero-order valence-corrected chi connectivity index (χ0v) is 15.4. The van der Waals surface area contributed by atoms with Crippen LogP contribution in [0.2, 0.25) is 0 Å². The van der Waals surface area contributed by atoms with Crippen molar-refractivity contribution >= 4 is 28.7 Å². The maximum atomic E-state index is 11.0. The number of carboxylic acid groups (broad SMARTS) is 1. The molecule has 1 aromatic rings. The molecule has 124 valence electrons. The van der Waals surface area contributed by atoms with E-state index in [1.165, 1.54) is 4.90 Å². The molecule has 1 saturated heterocycles. The SMILES string of the molecule is CC(N(C)Cc1cn(C2CCCCO2)nc1I)N(C)C(=O)O. The lowest BCUT2D eigenvalue weighted by Gasteiger charge is -2.30. The van der Waals surface area contributed by atoms with Crippen LogP contribution in [0.1, 0.15) is 38.0 Å². The molecule has 1 amide bonds. The molecule has 2 atom stereocenters. The van der Waals surface area contributed by atoms with Gasteiger partial charge in [-0.2, -0.15) is 5.10 Å². The summed E-state index contributed by atoms with van der Waals surface area (Å²) in [6.07, 6.45) is 4.18. The van der Waals surface area contributed by atoms with Gasteiger partial charge in [0.25, 0.3) is 0 Å². The molecule has 7 nitrogen and oxygen atoms in total. The molecule has 0 aromatic carbocycles. The third-order valence-corrected chi connectivity index (χ3v) is 5.04. The Hall–Kier alpha value is -0.870. The van der Waals surface area contributed by atoms with Crippen LogP contribution >= 0.6 is 22.6 Å². The van der Waals surface area contributed by atoms with E-state index in [9.17, 15) is 4.79 Å². The minimum atomic E-state index is -0.930. The second kappa shape index (κ2) is 7.60. The summed E-state index contributed by atoms with van der Waals surface area (Å²) in [5.41, 5.74) is 1.09. The van der Waals surface area contributed by atoms with Crippen molar-refractivity contribution in [2.24, 2.45) is 0 Å². The summed E-state index contributed by atoms with van der Waals surface area (Å²) in [5.74, 6) is 0. The smallest absolute Gasteiger partial charge is 0.408 e. The first-order valence-electron chi connectivity index (χ1n) is 7.41. The predicted octanol–water partition coefficient (Wildman–Crippen LogP) is 2.57. The van der Waals surface area contributed by atoms with Crippen molar-refractivity contribution in [3.8, 4) is 0 Å². The third-order valence-electron chi connectivity index (χ3n) is 4.13. The first-order valence-corrected chi connectivity index (χ1v) is 8.49. The Kier molecular flexibility index (Phi) is 6.04. The van der Waals surface area contributed by atoms with Crippen molar-refractivity contribution in [2.45, 2.75) is 45.1 Å². The van der Waals surface area contributed by atoms with Crippen LogP contribution in [-0.2, 0) is 11.3 Å². The number of aromatic nitrogens is 2. The van der Waals surface area contributed by atoms with Crippen LogP contribution in [0.15, 0.2) is 6.20 Å². The number of rotatable bonds is 5. The van der Waals surface area contributed by atoms with Gasteiger partial charge in [0.05, 0.1) is 6.17 Å². The molecule has 0 spiro atoms. The summed E-state index contributed by atoms with van der Waals surface area (Å²) >= 11 is 2.22. The van der Waals surface area contributed by atoms with Crippen LogP contribution in [0.5, 0.6) is 0 Å². The molecule has 22 heavy (non-hydrogen) atoms. The Morgan fingerprint density at radius 2 is 2.32 bits per heavy atom. The van der Waals surface area contributed by atoms with Crippen molar-refractivity contribution in [3.05, 3.63) is 15.5 Å². The van der Waals surface area contributed by atoms with Crippen molar-refractivity contribution in [1.29, 1.82) is 0 Å². The van der Waals surface area contributed by atoms with Crippen LogP contribution in [0.4, 0.5) is 4.79 Å². The van der Waals surface area contributed by atoms with E-state index in [0.717, 1.165) is 35.1 Å². The fourth-order valence-corrected chi connectivity index (χ4v) is 3.01. The number of carbonyl (C=O) groups is 1. The molecule has 2 unspecified atom stereocenters. The fraction of sp³-hybridized carbons (Fsp3) is 0.714. The highest BCUT2D eigenvalue weighted by Gasteiger charge is 2.22. The number of ether oxygens (including phenoxy) is 1. The molecular formula is C14H23IN4O3. The highest BCUT2D eigenvalue weighted by molar-refractivity contribution is 14.1. The van der Waals surface area contributed by atoms with E-state index in [-0.39, 0.29) is 12.4 Å². The van der Waals surface area contributed by atoms with Crippen LogP contribution in [0, 0.1) is 3.70 Å². The molecule has 0 radical (unpaired) electrons. The monoisotopic (exact) mass is 422 g/mol. The molecular weight excluding hydrogens is 399 g/mol. The fourth-order valence-electron chi connectivity index (χ4n) is 2.45. The Morgan fingerprint density at radius 1 is 1.59 bits per heavy atom. The van der Waals surface area contributed by atoms with Gasteiger partial charge < -0.3 is 9.84 Å². The van der Waals surface area contributed by atoms with Gasteiger partial charge in [0.2, 0.25) is 0 Å². The lowest BCUT2D eigenvalue weighted by atomic mass is 10.2. The Bertz CT molecular complexity index is 516. The van der Waals surface area contributed by atoms with Crippen LogP contribution in [0.3, 0.4) is 0 Å². The highest BCUT2D eigenvalue weighted by atomic mass is 127. The molecule has 1 aromatic heterocycles. The molecule has 1 aliphatic heterocycles. The average Bonchev–Trinajstić information content (AvgIpc) is 2.87. The van der Waals surface area contributed by atoms with Gasteiger partial charge in [0, 0.05) is 32.0 Å². The lowest BCUT2D eigenvalue weighted by molar-refractivity contribution is -0.0397. The molecule has 8 heteroatoms. The van der Waals surface area contributed by atoms with Gasteiger partial charge in [-0.15, -0.1) is 0 Å². The number of hydrogen-bond donors (Lipinski definition) is 1. The summed E-state index contributed by atoms with van der Waals surface area (Å²) < 4.78 is 8.58. The van der Waals surface area contributed by atoms with Gasteiger partial charge in [0.1, 0.15) is 9.93 Å². The van der Waals surface area contributed by atoms with Crippen molar-refractivity contribution in [2.75, 3.05) is 20.7 Å². The molecule has 1 aliphatic rings. The maximum Gasteiger partial charge on any atom is 0.408 e. The van der Waals surface area contributed by atoms with Crippen LogP contribution in [0.25, 0.3) is 0 Å². The zero-order chi connectivity index (χ0) is 16.3. The summed E-state index contributed by atoms with van der Waals surface area (Å²) in [5, 5.41) is 13.6. The maximum absolute atomic E-state index is 11.0. The molecule has 0 aliphatic carbocycles. The first kappa shape index (κ1) is 17.5. The van der Waals surface area contributed by atoms with Crippen LogP contribution < -0.4 is 0 Å². The minimum Gasteiger partial charge on any atom is -0.465 e. The molecule has 2 rings (SSSR count). The van der Waals surface area contributed by atoms with Crippen molar-refractivity contribution < 1.29 is 14.6 Å². The van der Waals surface area contributed by atoms with Gasteiger partial charge >= 0.3 is 6.09 Å². The quantitative estimate of drug-likeness (QED) is 0.584. The summed E-state index contributed by atoms with van der Waals surface area (Å²) in [4.78, 5) is 14.3. The van der Waals surface area contributed by atoms with E-state index in [4.69, 9.17) is 9.84 Å². The average molecular weight is 422 g/mol. The van der Waals surface area contributed by atoms with Gasteiger partial charge in [-0.05, 0) is 55.8 Å². The Labute approximate surface area is 144 Å². The van der Waals surface area contributed by atoms with E-state index < -0.39 is 6.09 Å². The molecule has 0 saturated carbocycles. The van der Waals surface area contributed by atoms with Crippen LogP contribution in [-0.4, -0.2) is 57.6 Å². The number of amides is 1. The molecule has 1 N–H and O–H groups in total. The number of nitrogens with zero attached hydrogens (tertiary/aromatic N) is 4. The number of hydrogen-bond acceptors (Lipinski definition) is 4. The highest BCUT2D eigenvalue weighted by Crippen LogP contribution is 2.24. The summed E-state index contributed by atoms with van der Waals surface area (Å²) in [7, 11) is 3.49. The van der Waals surface area contributed by atoms with Gasteiger partial charge in [-0.3, -0.25) is 9.80 Å². The molecule has 0 bridgehead atoms. The Morgan fingerprint density at radius 3 is 2.91 bits per heavy atom. The predicted molar refractivity (Wildman–Crippen MR) is 90.5 cm³/mol. The van der Waals surface area contributed by atoms with E-state index in [1.54, 1.807) is 7.05 Å². The van der Waals surface area contributed by atoms with Gasteiger partial charge in [-0.25, -0.2) is 9.48 Å². The third kappa shape index (κ3) is 4.11. The van der Waals surface area contributed by atoms with E-state index in [1.807, 2.05) is 29.7 Å². The van der Waals surface area contributed by atoms with Gasteiger partial charge in [-0.1, -0.05) is 0 Å². The molecule has 2 heterocycles. The van der Waals surface area contributed by atoms with E-state index >= 15 is 0 Å². The van der Waals surface area contributed by atoms with E-state index in [2.05, 4.69) is 27.7 Å². The standard InChI is InChI=1S/C14H23IN4O3/c1-10(18(3)14(20)21)17(2)8-11-9-19(16-13(11)15)12-6-4-5-7-22-12/h9-10,12H,4-8H2,1-3H3,(H,20,21). The summed E-state index contributed by atoms with van der Waals surface area (Å²) in [6, 6.07) is 0. The second-order valence-electron chi connectivity index (χ2n) is 5.69. The van der Waals surface area contributed by atoms with E-state index in [0.29, 0.717) is 6.54 Å². The van der Waals surface area contributed by atoms with Crippen molar-refractivity contribution in [1.82, 2.24) is 19.6 Å². The number of halogens is 1. The largest absolute Gasteiger partial charge is 0.465 e. The topological polar surface area (TPSA) is 70.8 Å². The minimum absolute atomic E-state index is 0.0282. The van der Waals surface area contributed by atoms with Gasteiger partial charge in [0.15, 0.2) is 0 Å². The Balaban J connectivity index is 2.03. The zero-order valence-electron chi connectivity index (χ0n) is 13.2. The second-order valence-corrected chi connectivity index (χ2v) is 6.71. The first-order chi connectivity index (χ1) is 10.4. The van der Waals surface area contributed by atoms with Crippen molar-refractivity contribution in [3.63, 3.8) is 0 Å². The normalized spacial score (nSPS) is 20.1. The lowest BCUT2D eigenvalue weighted by Crippen LogP contribution is -2.44. The molecule has 1 fully saturated rings. The summed E-state index contributed by atoms with van der Waals surface area (Å²) in [6.45, 7) is 3.30.